The van der Waals surface area contributed by atoms with Crippen molar-refractivity contribution >= 4 is 43.5 Å². The smallest absolute Gasteiger partial charge is 0.164 e. The fourth-order valence-corrected chi connectivity index (χ4v) is 8.02. The van der Waals surface area contributed by atoms with Crippen molar-refractivity contribution in [3.05, 3.63) is 200 Å². The number of benzene rings is 9. The topological polar surface area (TPSA) is 51.8 Å². The summed E-state index contributed by atoms with van der Waals surface area (Å²) >= 11 is 0. The Bertz CT molecular complexity index is 3220. The van der Waals surface area contributed by atoms with Crippen LogP contribution in [-0.2, 0) is 0 Å². The molecule has 2 heterocycles. The molecule has 0 spiro atoms. The molecule has 4 heteroatoms. The van der Waals surface area contributed by atoms with E-state index in [1.54, 1.807) is 0 Å². The second-order valence-electron chi connectivity index (χ2n) is 14.4. The molecule has 0 saturated heterocycles. The zero-order chi connectivity index (χ0) is 37.7. The van der Waals surface area contributed by atoms with Gasteiger partial charge < -0.3 is 4.42 Å². The summed E-state index contributed by atoms with van der Waals surface area (Å²) in [4.78, 5) is 15.4. The minimum Gasteiger partial charge on any atom is -0.455 e. The molecule has 0 aliphatic heterocycles. The molecule has 11 rings (SSSR count). The minimum absolute atomic E-state index is 0.613. The summed E-state index contributed by atoms with van der Waals surface area (Å²) in [5.74, 6) is 1.87. The van der Waals surface area contributed by atoms with E-state index < -0.39 is 0 Å². The van der Waals surface area contributed by atoms with Crippen molar-refractivity contribution in [3.8, 4) is 67.5 Å². The van der Waals surface area contributed by atoms with E-state index in [2.05, 4.69) is 170 Å². The van der Waals surface area contributed by atoms with Crippen LogP contribution in [0.1, 0.15) is 0 Å². The lowest BCUT2D eigenvalue weighted by atomic mass is 9.93. The van der Waals surface area contributed by atoms with Crippen LogP contribution < -0.4 is 0 Å². The van der Waals surface area contributed by atoms with Crippen LogP contribution in [0.5, 0.6) is 0 Å². The molecule has 2 aromatic heterocycles. The van der Waals surface area contributed by atoms with Crippen LogP contribution in [0.15, 0.2) is 205 Å². The zero-order valence-corrected chi connectivity index (χ0v) is 30.8. The first-order chi connectivity index (χ1) is 28.2. The van der Waals surface area contributed by atoms with Crippen molar-refractivity contribution in [1.82, 2.24) is 15.0 Å². The second kappa shape index (κ2) is 13.6. The molecule has 0 fully saturated rings. The van der Waals surface area contributed by atoms with E-state index in [-0.39, 0.29) is 0 Å². The Hall–Kier alpha value is -7.69. The van der Waals surface area contributed by atoms with Gasteiger partial charge in [0.1, 0.15) is 11.2 Å². The monoisotopic (exact) mass is 727 g/mol. The Kier molecular flexibility index (Phi) is 7.78. The highest BCUT2D eigenvalue weighted by molar-refractivity contribution is 6.19. The SMILES string of the molecule is c1ccc(-c2cc(-c3ccccc3)cc(-c3ccc4c(c3)oc3c5ccccc5c(-c5nc(-c6ccccc6)nc(-c6ccc7ccccc7c6)n5)cc43)c2)cc1. The Balaban J connectivity index is 1.10. The number of rotatable bonds is 6. The lowest BCUT2D eigenvalue weighted by Crippen LogP contribution is -2.00. The Morgan fingerprint density at radius 3 is 1.49 bits per heavy atom. The van der Waals surface area contributed by atoms with Gasteiger partial charge in [0.2, 0.25) is 0 Å². The van der Waals surface area contributed by atoms with Gasteiger partial charge in [-0.15, -0.1) is 0 Å². The van der Waals surface area contributed by atoms with Gasteiger partial charge in [-0.3, -0.25) is 0 Å². The Labute approximate surface area is 329 Å². The normalized spacial score (nSPS) is 11.5. The van der Waals surface area contributed by atoms with Crippen molar-refractivity contribution in [3.63, 3.8) is 0 Å². The van der Waals surface area contributed by atoms with Gasteiger partial charge in [0.25, 0.3) is 0 Å². The molecule has 0 unspecified atom stereocenters. The molecule has 0 atom stereocenters. The first kappa shape index (κ1) is 32.7. The van der Waals surface area contributed by atoms with E-state index in [1.807, 2.05) is 30.3 Å². The third-order valence-corrected chi connectivity index (χ3v) is 10.9. The molecule has 0 bridgehead atoms. The van der Waals surface area contributed by atoms with Gasteiger partial charge in [-0.25, -0.2) is 15.0 Å². The molecule has 0 aliphatic rings. The zero-order valence-electron chi connectivity index (χ0n) is 30.8. The predicted octanol–water partition coefficient (Wildman–Crippen LogP) is 14.1. The molecule has 9 aromatic carbocycles. The van der Waals surface area contributed by atoms with Crippen LogP contribution in [0.4, 0.5) is 0 Å². The number of furan rings is 1. The average molecular weight is 728 g/mol. The molecule has 266 valence electrons. The maximum atomic E-state index is 6.82. The van der Waals surface area contributed by atoms with Crippen LogP contribution in [0.3, 0.4) is 0 Å². The van der Waals surface area contributed by atoms with Crippen molar-refractivity contribution in [1.29, 1.82) is 0 Å². The van der Waals surface area contributed by atoms with E-state index in [9.17, 15) is 0 Å². The predicted molar refractivity (Wildman–Crippen MR) is 235 cm³/mol. The summed E-state index contributed by atoms with van der Waals surface area (Å²) in [6.07, 6.45) is 0. The maximum Gasteiger partial charge on any atom is 0.164 e. The van der Waals surface area contributed by atoms with Crippen LogP contribution in [-0.4, -0.2) is 15.0 Å². The van der Waals surface area contributed by atoms with E-state index in [4.69, 9.17) is 19.4 Å². The summed E-state index contributed by atoms with van der Waals surface area (Å²) in [5, 5.41) is 6.39. The molecule has 0 N–H and O–H groups in total. The van der Waals surface area contributed by atoms with Gasteiger partial charge in [0.05, 0.1) is 0 Å². The van der Waals surface area contributed by atoms with Gasteiger partial charge in [0.15, 0.2) is 17.5 Å². The van der Waals surface area contributed by atoms with Crippen LogP contribution in [0.2, 0.25) is 0 Å². The number of nitrogens with zero attached hydrogens (tertiary/aromatic N) is 3. The largest absolute Gasteiger partial charge is 0.455 e. The average Bonchev–Trinajstić information content (AvgIpc) is 3.67. The molecule has 57 heavy (non-hydrogen) atoms. The highest BCUT2D eigenvalue weighted by Gasteiger charge is 2.20. The molecular weight excluding hydrogens is 695 g/mol. The Morgan fingerprint density at radius 2 is 0.807 bits per heavy atom. The van der Waals surface area contributed by atoms with Crippen molar-refractivity contribution in [2.45, 2.75) is 0 Å². The minimum atomic E-state index is 0.613. The van der Waals surface area contributed by atoms with E-state index in [0.29, 0.717) is 17.5 Å². The second-order valence-corrected chi connectivity index (χ2v) is 14.4. The fourth-order valence-electron chi connectivity index (χ4n) is 8.02. The molecule has 0 radical (unpaired) electrons. The maximum absolute atomic E-state index is 6.82. The highest BCUT2D eigenvalue weighted by atomic mass is 16.3. The number of aromatic nitrogens is 3. The number of fused-ring (bicyclic) bond motifs is 6. The molecule has 4 nitrogen and oxygen atoms in total. The summed E-state index contributed by atoms with van der Waals surface area (Å²) in [6.45, 7) is 0. The summed E-state index contributed by atoms with van der Waals surface area (Å²) in [6, 6.07) is 70.0. The standard InChI is InChI=1S/C53H33N3O/c1-4-14-34(15-5-1)41-29-42(35-16-6-2-7-17-35)31-43(30-41)39-26-27-45-47-33-48(44-22-12-13-23-46(44)50(47)57-49(45)32-39)53-55-51(37-19-8-3-9-20-37)54-52(56-53)40-25-24-36-18-10-11-21-38(36)28-40/h1-33H. The molecule has 0 saturated carbocycles. The summed E-state index contributed by atoms with van der Waals surface area (Å²) in [5.41, 5.74) is 11.4. The lowest BCUT2D eigenvalue weighted by molar-refractivity contribution is 0.673. The van der Waals surface area contributed by atoms with Crippen molar-refractivity contribution in [2.75, 3.05) is 0 Å². The highest BCUT2D eigenvalue weighted by Crippen LogP contribution is 2.41. The van der Waals surface area contributed by atoms with Gasteiger partial charge in [0, 0.05) is 32.8 Å². The molecular formula is C53H33N3O. The number of hydrogen-bond donors (Lipinski definition) is 0. The van der Waals surface area contributed by atoms with Crippen LogP contribution >= 0.6 is 0 Å². The van der Waals surface area contributed by atoms with E-state index in [0.717, 1.165) is 65.9 Å². The first-order valence-electron chi connectivity index (χ1n) is 19.2. The quantitative estimate of drug-likeness (QED) is 0.171. The van der Waals surface area contributed by atoms with Crippen molar-refractivity contribution < 1.29 is 4.42 Å². The van der Waals surface area contributed by atoms with Crippen molar-refractivity contribution in [2.24, 2.45) is 0 Å². The third kappa shape index (κ3) is 5.92. The van der Waals surface area contributed by atoms with Gasteiger partial charge in [-0.1, -0.05) is 158 Å². The molecule has 11 aromatic rings. The van der Waals surface area contributed by atoms with Gasteiger partial charge in [-0.2, -0.15) is 0 Å². The fraction of sp³-hybridized carbons (Fsp3) is 0. The molecule has 0 aliphatic carbocycles. The molecule has 0 amide bonds. The lowest BCUT2D eigenvalue weighted by Gasteiger charge is -2.11. The summed E-state index contributed by atoms with van der Waals surface area (Å²) < 4.78 is 6.82. The van der Waals surface area contributed by atoms with Crippen LogP contribution in [0, 0.1) is 0 Å². The third-order valence-electron chi connectivity index (χ3n) is 10.9. The summed E-state index contributed by atoms with van der Waals surface area (Å²) in [7, 11) is 0. The number of hydrogen-bond acceptors (Lipinski definition) is 4. The van der Waals surface area contributed by atoms with E-state index in [1.165, 1.54) is 27.6 Å². The van der Waals surface area contributed by atoms with Gasteiger partial charge >= 0.3 is 0 Å². The van der Waals surface area contributed by atoms with E-state index >= 15 is 0 Å². The first-order valence-corrected chi connectivity index (χ1v) is 19.2. The Morgan fingerprint density at radius 1 is 0.281 bits per heavy atom. The van der Waals surface area contributed by atoms with Crippen LogP contribution in [0.25, 0.3) is 111 Å². The van der Waals surface area contributed by atoms with Gasteiger partial charge in [-0.05, 0) is 92.0 Å².